The average molecular weight is 367 g/mol. The molecule has 2 N–H and O–H groups in total. The molecule has 5 nitrogen and oxygen atoms in total. The molecule has 0 aliphatic rings. The maximum Gasteiger partial charge on any atom is 0.251 e. The summed E-state index contributed by atoms with van der Waals surface area (Å²) in [5.74, 6) is -0.233. The zero-order chi connectivity index (χ0) is 17.7. The van der Waals surface area contributed by atoms with Crippen LogP contribution >= 0.6 is 11.6 Å². The summed E-state index contributed by atoms with van der Waals surface area (Å²) in [7, 11) is -3.64. The van der Waals surface area contributed by atoms with Gasteiger partial charge in [0.25, 0.3) is 5.91 Å². The molecular formula is C17H19ClN2O3S. The van der Waals surface area contributed by atoms with Gasteiger partial charge in [0.05, 0.1) is 4.90 Å². The number of carbonyl (C=O) groups is 1. The van der Waals surface area contributed by atoms with Crippen molar-refractivity contribution >= 4 is 27.5 Å². The van der Waals surface area contributed by atoms with Crippen LogP contribution in [0, 0.1) is 13.8 Å². The second-order valence-corrected chi connectivity index (χ2v) is 7.69. The van der Waals surface area contributed by atoms with E-state index in [0.717, 1.165) is 11.1 Å². The first-order chi connectivity index (χ1) is 11.3. The van der Waals surface area contributed by atoms with Gasteiger partial charge in [-0.1, -0.05) is 34.9 Å². The Kier molecular flexibility index (Phi) is 5.99. The highest BCUT2D eigenvalue weighted by Gasteiger charge is 2.14. The highest BCUT2D eigenvalue weighted by atomic mass is 35.5. The summed E-state index contributed by atoms with van der Waals surface area (Å²) in [5.41, 5.74) is 2.56. The lowest BCUT2D eigenvalue weighted by Gasteiger charge is -2.09. The summed E-state index contributed by atoms with van der Waals surface area (Å²) in [4.78, 5) is 12.2. The van der Waals surface area contributed by atoms with Crippen LogP contribution in [-0.4, -0.2) is 27.4 Å². The van der Waals surface area contributed by atoms with Gasteiger partial charge in [0.15, 0.2) is 0 Å². The fourth-order valence-electron chi connectivity index (χ4n) is 2.29. The Morgan fingerprint density at radius 3 is 2.33 bits per heavy atom. The predicted octanol–water partition coefficient (Wildman–Crippen LogP) is 2.67. The van der Waals surface area contributed by atoms with Gasteiger partial charge in [-0.3, -0.25) is 4.79 Å². The Morgan fingerprint density at radius 1 is 1.04 bits per heavy atom. The third-order valence-corrected chi connectivity index (χ3v) is 4.99. The van der Waals surface area contributed by atoms with E-state index < -0.39 is 10.0 Å². The second kappa shape index (κ2) is 7.79. The average Bonchev–Trinajstić information content (AvgIpc) is 2.50. The summed E-state index contributed by atoms with van der Waals surface area (Å²) in [6, 6.07) is 11.6. The fourth-order valence-corrected chi connectivity index (χ4v) is 3.62. The van der Waals surface area contributed by atoms with E-state index in [-0.39, 0.29) is 23.9 Å². The van der Waals surface area contributed by atoms with E-state index in [0.29, 0.717) is 10.6 Å². The zero-order valence-electron chi connectivity index (χ0n) is 13.5. The van der Waals surface area contributed by atoms with Gasteiger partial charge in [-0.25, -0.2) is 13.1 Å². The van der Waals surface area contributed by atoms with Crippen molar-refractivity contribution in [3.63, 3.8) is 0 Å². The van der Waals surface area contributed by atoms with Gasteiger partial charge in [0, 0.05) is 23.7 Å². The van der Waals surface area contributed by atoms with Crippen molar-refractivity contribution in [3.8, 4) is 0 Å². The van der Waals surface area contributed by atoms with E-state index in [1.54, 1.807) is 24.3 Å². The van der Waals surface area contributed by atoms with E-state index in [1.165, 1.54) is 12.1 Å². The second-order valence-electron chi connectivity index (χ2n) is 5.49. The Morgan fingerprint density at radius 2 is 1.71 bits per heavy atom. The lowest BCUT2D eigenvalue weighted by Crippen LogP contribution is -2.34. The number of nitrogens with one attached hydrogen (secondary N) is 2. The first-order valence-electron chi connectivity index (χ1n) is 7.40. The highest BCUT2D eigenvalue weighted by molar-refractivity contribution is 7.89. The summed E-state index contributed by atoms with van der Waals surface area (Å²) in [6.45, 7) is 4.11. The lowest BCUT2D eigenvalue weighted by atomic mass is 10.1. The number of sulfonamides is 1. The summed E-state index contributed by atoms with van der Waals surface area (Å²) in [5, 5.41) is 3.05. The number of carbonyl (C=O) groups excluding carboxylic acids is 1. The van der Waals surface area contributed by atoms with E-state index >= 15 is 0 Å². The molecule has 7 heteroatoms. The molecule has 24 heavy (non-hydrogen) atoms. The number of rotatable bonds is 6. The quantitative estimate of drug-likeness (QED) is 0.772. The molecule has 0 radical (unpaired) electrons. The molecule has 2 rings (SSSR count). The van der Waals surface area contributed by atoms with Crippen LogP contribution in [0.5, 0.6) is 0 Å². The molecular weight excluding hydrogens is 348 g/mol. The molecule has 0 aliphatic heterocycles. The van der Waals surface area contributed by atoms with Crippen LogP contribution < -0.4 is 10.0 Å². The largest absolute Gasteiger partial charge is 0.351 e. The number of aryl methyl sites for hydroxylation is 2. The van der Waals surface area contributed by atoms with Crippen LogP contribution in [0.3, 0.4) is 0 Å². The molecule has 0 aromatic heterocycles. The number of hydrogen-bond donors (Lipinski definition) is 2. The van der Waals surface area contributed by atoms with Crippen molar-refractivity contribution in [2.24, 2.45) is 0 Å². The van der Waals surface area contributed by atoms with Crippen molar-refractivity contribution in [2.45, 2.75) is 18.7 Å². The molecule has 0 fully saturated rings. The molecule has 1 amide bonds. The number of halogens is 1. The molecule has 2 aromatic carbocycles. The Bertz CT molecular complexity index is 830. The molecule has 0 atom stereocenters. The Hall–Kier alpha value is -1.89. The van der Waals surface area contributed by atoms with Gasteiger partial charge in [-0.2, -0.15) is 0 Å². The maximum atomic E-state index is 12.1. The van der Waals surface area contributed by atoms with Gasteiger partial charge in [0.2, 0.25) is 10.0 Å². The zero-order valence-corrected chi connectivity index (χ0v) is 15.0. The Labute approximate surface area is 147 Å². The van der Waals surface area contributed by atoms with Crippen LogP contribution in [-0.2, 0) is 10.0 Å². The predicted molar refractivity (Wildman–Crippen MR) is 94.9 cm³/mol. The van der Waals surface area contributed by atoms with Crippen LogP contribution in [0.25, 0.3) is 0 Å². The minimum atomic E-state index is -3.64. The minimum absolute atomic E-state index is 0.0887. The smallest absolute Gasteiger partial charge is 0.251 e. The van der Waals surface area contributed by atoms with Crippen LogP contribution in [0.1, 0.15) is 21.5 Å². The van der Waals surface area contributed by atoms with Crippen molar-refractivity contribution in [1.82, 2.24) is 10.0 Å². The Balaban J connectivity index is 1.89. The van der Waals surface area contributed by atoms with E-state index in [2.05, 4.69) is 10.0 Å². The molecule has 0 saturated carbocycles. The van der Waals surface area contributed by atoms with Gasteiger partial charge in [-0.15, -0.1) is 0 Å². The highest BCUT2D eigenvalue weighted by Crippen LogP contribution is 2.14. The van der Waals surface area contributed by atoms with Crippen molar-refractivity contribution < 1.29 is 13.2 Å². The topological polar surface area (TPSA) is 75.3 Å². The summed E-state index contributed by atoms with van der Waals surface area (Å²) < 4.78 is 26.6. The van der Waals surface area contributed by atoms with Crippen molar-refractivity contribution in [3.05, 3.63) is 64.2 Å². The van der Waals surface area contributed by atoms with E-state index in [9.17, 15) is 13.2 Å². The van der Waals surface area contributed by atoms with E-state index in [4.69, 9.17) is 11.6 Å². The number of benzene rings is 2. The monoisotopic (exact) mass is 366 g/mol. The molecule has 2 aromatic rings. The maximum absolute atomic E-state index is 12.1. The van der Waals surface area contributed by atoms with Crippen molar-refractivity contribution in [1.29, 1.82) is 0 Å². The molecule has 0 heterocycles. The minimum Gasteiger partial charge on any atom is -0.351 e. The number of hydrogen-bond acceptors (Lipinski definition) is 3. The molecule has 0 bridgehead atoms. The molecule has 0 spiro atoms. The lowest BCUT2D eigenvalue weighted by molar-refractivity contribution is 0.0954. The first-order valence-corrected chi connectivity index (χ1v) is 9.26. The van der Waals surface area contributed by atoms with Crippen LogP contribution in [0.2, 0.25) is 5.02 Å². The number of amides is 1. The van der Waals surface area contributed by atoms with Crippen molar-refractivity contribution in [2.75, 3.05) is 13.1 Å². The fraction of sp³-hybridized carbons (Fsp3) is 0.235. The molecule has 0 aliphatic carbocycles. The van der Waals surface area contributed by atoms with Gasteiger partial charge in [-0.05, 0) is 44.2 Å². The normalized spacial score (nSPS) is 11.3. The van der Waals surface area contributed by atoms with Gasteiger partial charge in [0.1, 0.15) is 0 Å². The molecule has 128 valence electrons. The third-order valence-electron chi connectivity index (χ3n) is 3.29. The molecule has 0 saturated heterocycles. The van der Waals surface area contributed by atoms with Crippen LogP contribution in [0.4, 0.5) is 0 Å². The van der Waals surface area contributed by atoms with Gasteiger partial charge < -0.3 is 5.32 Å². The van der Waals surface area contributed by atoms with Gasteiger partial charge >= 0.3 is 0 Å². The SMILES string of the molecule is Cc1cc(C)cc(C(=O)NCCNS(=O)(=O)c2cccc(Cl)c2)c1. The standard InChI is InChI=1S/C17H19ClN2O3S/c1-12-8-13(2)10-14(9-12)17(21)19-6-7-20-24(22,23)16-5-3-4-15(18)11-16/h3-5,8-11,20H,6-7H2,1-2H3,(H,19,21). The molecule has 0 unspecified atom stereocenters. The summed E-state index contributed by atoms with van der Waals surface area (Å²) >= 11 is 5.80. The van der Waals surface area contributed by atoms with E-state index in [1.807, 2.05) is 19.9 Å². The first kappa shape index (κ1) is 18.4. The van der Waals surface area contributed by atoms with Crippen LogP contribution in [0.15, 0.2) is 47.4 Å². The third kappa shape index (κ3) is 5.06. The summed E-state index contributed by atoms with van der Waals surface area (Å²) in [6.07, 6.45) is 0.